The molecular weight excluding hydrogens is 336 g/mol. The van der Waals surface area contributed by atoms with Crippen LogP contribution in [0.2, 0.25) is 0 Å². The fourth-order valence-electron chi connectivity index (χ4n) is 1.81. The number of rotatable bonds is 5. The molecule has 0 spiro atoms. The van der Waals surface area contributed by atoms with Crippen molar-refractivity contribution in [1.82, 2.24) is 0 Å². The van der Waals surface area contributed by atoms with Crippen molar-refractivity contribution in [2.45, 2.75) is 23.7 Å². The van der Waals surface area contributed by atoms with Crippen molar-refractivity contribution < 1.29 is 9.84 Å². The first-order chi connectivity index (χ1) is 9.60. The molecule has 0 aliphatic rings. The van der Waals surface area contributed by atoms with Crippen molar-refractivity contribution in [3.05, 3.63) is 58.1 Å². The number of thioether (sulfide) groups is 1. The molecule has 0 heterocycles. The molecule has 106 valence electrons. The van der Waals surface area contributed by atoms with Gasteiger partial charge in [-0.1, -0.05) is 18.2 Å². The van der Waals surface area contributed by atoms with E-state index in [-0.39, 0.29) is 0 Å². The van der Waals surface area contributed by atoms with Gasteiger partial charge in [0.15, 0.2) is 0 Å². The monoisotopic (exact) mass is 352 g/mol. The Morgan fingerprint density at radius 1 is 1.20 bits per heavy atom. The van der Waals surface area contributed by atoms with Crippen LogP contribution in [0.15, 0.2) is 51.8 Å². The largest absolute Gasteiger partial charge is 0.496 e. The van der Waals surface area contributed by atoms with Gasteiger partial charge in [-0.25, -0.2) is 0 Å². The van der Waals surface area contributed by atoms with Gasteiger partial charge in [-0.2, -0.15) is 0 Å². The van der Waals surface area contributed by atoms with E-state index in [4.69, 9.17) is 4.74 Å². The van der Waals surface area contributed by atoms with Crippen molar-refractivity contribution in [3.8, 4) is 5.75 Å². The first kappa shape index (κ1) is 15.4. The molecular formula is C16H17BrO2S. The first-order valence-corrected chi connectivity index (χ1v) is 8.11. The third-order valence-corrected chi connectivity index (χ3v) is 4.69. The average Bonchev–Trinajstić information content (AvgIpc) is 2.45. The number of ether oxygens (including phenoxy) is 1. The van der Waals surface area contributed by atoms with E-state index in [0.717, 1.165) is 21.5 Å². The zero-order valence-electron chi connectivity index (χ0n) is 11.5. The number of aliphatic hydroxyl groups is 1. The summed E-state index contributed by atoms with van der Waals surface area (Å²) < 4.78 is 6.20. The van der Waals surface area contributed by atoms with Crippen LogP contribution in [0.5, 0.6) is 5.75 Å². The molecule has 0 saturated carbocycles. The number of hydrogen-bond acceptors (Lipinski definition) is 3. The maximum atomic E-state index is 9.48. The topological polar surface area (TPSA) is 29.5 Å². The first-order valence-electron chi connectivity index (χ1n) is 6.33. The van der Waals surface area contributed by atoms with Gasteiger partial charge in [-0.05, 0) is 58.2 Å². The van der Waals surface area contributed by atoms with E-state index in [9.17, 15) is 5.11 Å². The SMILES string of the molecule is COc1ccc(CSc2ccc(C(C)O)cc2)cc1Br. The second-order valence-electron chi connectivity index (χ2n) is 4.50. The van der Waals surface area contributed by atoms with E-state index >= 15 is 0 Å². The summed E-state index contributed by atoms with van der Waals surface area (Å²) in [6.07, 6.45) is -0.411. The number of halogens is 1. The van der Waals surface area contributed by atoms with Crippen LogP contribution in [-0.2, 0) is 5.75 Å². The maximum Gasteiger partial charge on any atom is 0.133 e. The van der Waals surface area contributed by atoms with Crippen LogP contribution in [0.1, 0.15) is 24.2 Å². The molecule has 0 radical (unpaired) electrons. The minimum absolute atomic E-state index is 0.411. The summed E-state index contributed by atoms with van der Waals surface area (Å²) in [6, 6.07) is 14.2. The third kappa shape index (κ3) is 4.01. The molecule has 4 heteroatoms. The molecule has 2 aromatic carbocycles. The molecule has 0 aromatic heterocycles. The van der Waals surface area contributed by atoms with Gasteiger partial charge < -0.3 is 9.84 Å². The van der Waals surface area contributed by atoms with Gasteiger partial charge in [0.1, 0.15) is 5.75 Å². The molecule has 0 fully saturated rings. The Labute approximate surface area is 132 Å². The minimum Gasteiger partial charge on any atom is -0.496 e. The van der Waals surface area contributed by atoms with Crippen LogP contribution in [-0.4, -0.2) is 12.2 Å². The van der Waals surface area contributed by atoms with Gasteiger partial charge in [0.25, 0.3) is 0 Å². The van der Waals surface area contributed by atoms with Crippen LogP contribution < -0.4 is 4.74 Å². The second kappa shape index (κ2) is 7.16. The van der Waals surface area contributed by atoms with Crippen LogP contribution in [0.25, 0.3) is 0 Å². The standard InChI is InChI=1S/C16H17BrO2S/c1-11(18)13-4-6-14(7-5-13)20-10-12-3-8-16(19-2)15(17)9-12/h3-9,11,18H,10H2,1-2H3. The molecule has 2 aromatic rings. The predicted molar refractivity (Wildman–Crippen MR) is 87.3 cm³/mol. The van der Waals surface area contributed by atoms with E-state index in [0.29, 0.717) is 0 Å². The quantitative estimate of drug-likeness (QED) is 0.783. The van der Waals surface area contributed by atoms with Gasteiger partial charge in [0, 0.05) is 10.6 Å². The van der Waals surface area contributed by atoms with Gasteiger partial charge in [0.2, 0.25) is 0 Å². The molecule has 2 nitrogen and oxygen atoms in total. The normalized spacial score (nSPS) is 12.2. The number of benzene rings is 2. The molecule has 0 aliphatic heterocycles. The summed E-state index contributed by atoms with van der Waals surface area (Å²) in [5, 5.41) is 9.48. The van der Waals surface area contributed by atoms with Crippen molar-refractivity contribution in [3.63, 3.8) is 0 Å². The molecule has 0 bridgehead atoms. The molecule has 20 heavy (non-hydrogen) atoms. The molecule has 0 saturated heterocycles. The Bertz CT molecular complexity index is 567. The Hall–Kier alpha value is -0.970. The summed E-state index contributed by atoms with van der Waals surface area (Å²) >= 11 is 5.27. The third-order valence-electron chi connectivity index (χ3n) is 2.98. The summed E-state index contributed by atoms with van der Waals surface area (Å²) in [4.78, 5) is 1.20. The zero-order chi connectivity index (χ0) is 14.5. The highest BCUT2D eigenvalue weighted by Crippen LogP contribution is 2.29. The number of hydrogen-bond donors (Lipinski definition) is 1. The lowest BCUT2D eigenvalue weighted by Crippen LogP contribution is -1.90. The van der Waals surface area contributed by atoms with Gasteiger partial charge in [0.05, 0.1) is 17.7 Å². The van der Waals surface area contributed by atoms with E-state index in [1.807, 2.05) is 30.3 Å². The van der Waals surface area contributed by atoms with E-state index in [1.165, 1.54) is 10.5 Å². The van der Waals surface area contributed by atoms with Crippen LogP contribution >= 0.6 is 27.7 Å². The van der Waals surface area contributed by atoms with Crippen molar-refractivity contribution >= 4 is 27.7 Å². The lowest BCUT2D eigenvalue weighted by molar-refractivity contribution is 0.199. The smallest absolute Gasteiger partial charge is 0.133 e. The molecule has 0 aliphatic carbocycles. The van der Waals surface area contributed by atoms with Crippen molar-refractivity contribution in [2.24, 2.45) is 0 Å². The minimum atomic E-state index is -0.411. The van der Waals surface area contributed by atoms with E-state index in [2.05, 4.69) is 28.1 Å². The Morgan fingerprint density at radius 2 is 1.90 bits per heavy atom. The average molecular weight is 353 g/mol. The van der Waals surface area contributed by atoms with Crippen LogP contribution in [0.4, 0.5) is 0 Å². The summed E-state index contributed by atoms with van der Waals surface area (Å²) in [5.41, 5.74) is 2.18. The highest BCUT2D eigenvalue weighted by Gasteiger charge is 2.03. The summed E-state index contributed by atoms with van der Waals surface area (Å²) in [5.74, 6) is 1.75. The maximum absolute atomic E-state index is 9.48. The highest BCUT2D eigenvalue weighted by atomic mass is 79.9. The Kier molecular flexibility index (Phi) is 5.52. The summed E-state index contributed by atoms with van der Waals surface area (Å²) in [6.45, 7) is 1.77. The zero-order valence-corrected chi connectivity index (χ0v) is 13.9. The molecule has 1 atom stereocenters. The predicted octanol–water partition coefficient (Wildman–Crippen LogP) is 4.80. The number of aliphatic hydroxyl groups excluding tert-OH is 1. The highest BCUT2D eigenvalue weighted by molar-refractivity contribution is 9.10. The fraction of sp³-hybridized carbons (Fsp3) is 0.250. The Morgan fingerprint density at radius 3 is 2.45 bits per heavy atom. The second-order valence-corrected chi connectivity index (χ2v) is 6.41. The lowest BCUT2D eigenvalue weighted by Gasteiger charge is -2.08. The molecule has 1 N–H and O–H groups in total. The van der Waals surface area contributed by atoms with Gasteiger partial charge in [-0.3, -0.25) is 0 Å². The van der Waals surface area contributed by atoms with Crippen molar-refractivity contribution in [2.75, 3.05) is 7.11 Å². The van der Waals surface area contributed by atoms with Gasteiger partial charge >= 0.3 is 0 Å². The van der Waals surface area contributed by atoms with Crippen LogP contribution in [0, 0.1) is 0 Å². The van der Waals surface area contributed by atoms with E-state index in [1.54, 1.807) is 25.8 Å². The number of methoxy groups -OCH3 is 1. The van der Waals surface area contributed by atoms with Crippen molar-refractivity contribution in [1.29, 1.82) is 0 Å². The molecule has 2 rings (SSSR count). The lowest BCUT2D eigenvalue weighted by atomic mass is 10.1. The molecule has 0 amide bonds. The molecule has 1 unspecified atom stereocenters. The van der Waals surface area contributed by atoms with E-state index < -0.39 is 6.10 Å². The van der Waals surface area contributed by atoms with Crippen LogP contribution in [0.3, 0.4) is 0 Å². The van der Waals surface area contributed by atoms with Gasteiger partial charge in [-0.15, -0.1) is 11.8 Å². The summed E-state index contributed by atoms with van der Waals surface area (Å²) in [7, 11) is 1.66. The Balaban J connectivity index is 1.99. The fourth-order valence-corrected chi connectivity index (χ4v) is 3.24.